The lowest BCUT2D eigenvalue weighted by Gasteiger charge is -2.21. The van der Waals surface area contributed by atoms with Gasteiger partial charge in [-0.15, -0.1) is 0 Å². The van der Waals surface area contributed by atoms with Crippen LogP contribution < -0.4 is 5.32 Å². The SMILES string of the molecule is CC(C)C1CSC(NC2CCCCCCC2)=N1. The smallest absolute Gasteiger partial charge is 0.157 e. The molecule has 0 radical (unpaired) electrons. The molecule has 1 heterocycles. The van der Waals surface area contributed by atoms with Crippen LogP contribution in [0.5, 0.6) is 0 Å². The normalized spacial score (nSPS) is 27.7. The lowest BCUT2D eigenvalue weighted by atomic mass is 9.97. The van der Waals surface area contributed by atoms with Crippen molar-refractivity contribution in [2.24, 2.45) is 10.9 Å². The third-order valence-corrected chi connectivity index (χ3v) is 4.88. The summed E-state index contributed by atoms with van der Waals surface area (Å²) in [6, 6.07) is 1.23. The van der Waals surface area contributed by atoms with E-state index in [1.165, 1.54) is 55.9 Å². The molecule has 1 aliphatic carbocycles. The summed E-state index contributed by atoms with van der Waals surface area (Å²) >= 11 is 1.92. The van der Waals surface area contributed by atoms with Crippen LogP contribution in [0.1, 0.15) is 58.8 Å². The highest BCUT2D eigenvalue weighted by Crippen LogP contribution is 2.24. The number of nitrogens with one attached hydrogen (secondary N) is 1. The molecule has 1 fully saturated rings. The van der Waals surface area contributed by atoms with Crippen LogP contribution in [0.15, 0.2) is 4.99 Å². The van der Waals surface area contributed by atoms with Crippen molar-refractivity contribution < 1.29 is 0 Å². The molecule has 3 heteroatoms. The molecule has 0 spiro atoms. The molecule has 0 amide bonds. The first-order valence-corrected chi connectivity index (χ1v) is 8.21. The summed E-state index contributed by atoms with van der Waals surface area (Å²) in [7, 11) is 0. The number of hydrogen-bond donors (Lipinski definition) is 1. The van der Waals surface area contributed by atoms with Crippen LogP contribution in [-0.2, 0) is 0 Å². The molecule has 0 saturated heterocycles. The molecule has 1 aliphatic heterocycles. The molecule has 0 aromatic heterocycles. The van der Waals surface area contributed by atoms with Crippen molar-refractivity contribution in [1.29, 1.82) is 0 Å². The van der Waals surface area contributed by atoms with Gasteiger partial charge < -0.3 is 5.32 Å². The fourth-order valence-electron chi connectivity index (χ4n) is 2.59. The standard InChI is InChI=1S/C14H26N2S/c1-11(2)13-10-17-14(16-13)15-12-8-6-4-3-5-7-9-12/h11-13H,3-10H2,1-2H3,(H,15,16). The molecule has 1 atom stereocenters. The summed E-state index contributed by atoms with van der Waals surface area (Å²) < 4.78 is 0. The minimum Gasteiger partial charge on any atom is -0.362 e. The minimum absolute atomic E-state index is 0.538. The van der Waals surface area contributed by atoms with E-state index in [1.807, 2.05) is 11.8 Å². The van der Waals surface area contributed by atoms with Crippen molar-refractivity contribution in [2.75, 3.05) is 5.75 Å². The highest BCUT2D eigenvalue weighted by molar-refractivity contribution is 8.14. The van der Waals surface area contributed by atoms with Crippen LogP contribution in [0.4, 0.5) is 0 Å². The highest BCUT2D eigenvalue weighted by atomic mass is 32.2. The molecule has 98 valence electrons. The Hall–Kier alpha value is -0.180. The summed E-state index contributed by atoms with van der Waals surface area (Å²) in [6.07, 6.45) is 9.75. The predicted octanol–water partition coefficient (Wildman–Crippen LogP) is 3.82. The second kappa shape index (κ2) is 6.67. The van der Waals surface area contributed by atoms with Crippen LogP contribution in [-0.4, -0.2) is 23.0 Å². The van der Waals surface area contributed by atoms with Gasteiger partial charge in [-0.25, -0.2) is 0 Å². The van der Waals surface area contributed by atoms with Gasteiger partial charge in [-0.2, -0.15) is 0 Å². The topological polar surface area (TPSA) is 24.4 Å². The molecular weight excluding hydrogens is 228 g/mol. The Labute approximate surface area is 110 Å². The Morgan fingerprint density at radius 3 is 2.35 bits per heavy atom. The molecular formula is C14H26N2S. The van der Waals surface area contributed by atoms with Crippen LogP contribution in [0.25, 0.3) is 0 Å². The molecule has 1 unspecified atom stereocenters. The second-order valence-corrected chi connectivity index (χ2v) is 6.75. The van der Waals surface area contributed by atoms with E-state index in [1.54, 1.807) is 0 Å². The first kappa shape index (κ1) is 13.3. The predicted molar refractivity (Wildman–Crippen MR) is 77.8 cm³/mol. The number of amidine groups is 1. The van der Waals surface area contributed by atoms with Crippen molar-refractivity contribution in [3.05, 3.63) is 0 Å². The summed E-state index contributed by atoms with van der Waals surface area (Å²) in [5, 5.41) is 4.90. The molecule has 2 nitrogen and oxygen atoms in total. The molecule has 0 aromatic rings. The van der Waals surface area contributed by atoms with Crippen molar-refractivity contribution in [2.45, 2.75) is 70.9 Å². The number of aliphatic imine (C=N–C) groups is 1. The van der Waals surface area contributed by atoms with E-state index in [4.69, 9.17) is 4.99 Å². The first-order chi connectivity index (χ1) is 8.25. The van der Waals surface area contributed by atoms with Gasteiger partial charge in [0.25, 0.3) is 0 Å². The minimum atomic E-state index is 0.538. The van der Waals surface area contributed by atoms with E-state index in [0.29, 0.717) is 18.0 Å². The lowest BCUT2D eigenvalue weighted by Crippen LogP contribution is -2.33. The first-order valence-electron chi connectivity index (χ1n) is 7.23. The van der Waals surface area contributed by atoms with Crippen molar-refractivity contribution >= 4 is 16.9 Å². The Bertz CT molecular complexity index is 255. The molecule has 17 heavy (non-hydrogen) atoms. The number of hydrogen-bond acceptors (Lipinski definition) is 3. The maximum absolute atomic E-state index is 4.80. The third-order valence-electron chi connectivity index (χ3n) is 3.88. The van der Waals surface area contributed by atoms with Gasteiger partial charge in [-0.1, -0.05) is 57.7 Å². The zero-order valence-corrected chi connectivity index (χ0v) is 12.1. The van der Waals surface area contributed by atoms with E-state index in [2.05, 4.69) is 19.2 Å². The van der Waals surface area contributed by atoms with Crippen LogP contribution in [0, 0.1) is 5.92 Å². The maximum atomic E-state index is 4.80. The third kappa shape index (κ3) is 4.20. The van der Waals surface area contributed by atoms with Gasteiger partial charge in [-0.3, -0.25) is 4.99 Å². The zero-order valence-electron chi connectivity index (χ0n) is 11.2. The zero-order chi connectivity index (χ0) is 12.1. The highest BCUT2D eigenvalue weighted by Gasteiger charge is 2.22. The van der Waals surface area contributed by atoms with E-state index in [9.17, 15) is 0 Å². The van der Waals surface area contributed by atoms with E-state index in [-0.39, 0.29) is 0 Å². The Kier molecular flexibility index (Phi) is 5.20. The average Bonchev–Trinajstić information content (AvgIpc) is 2.70. The van der Waals surface area contributed by atoms with Gasteiger partial charge in [0.05, 0.1) is 6.04 Å². The second-order valence-electron chi connectivity index (χ2n) is 5.74. The largest absolute Gasteiger partial charge is 0.362 e. The quantitative estimate of drug-likeness (QED) is 0.810. The van der Waals surface area contributed by atoms with Gasteiger partial charge in [0.2, 0.25) is 0 Å². The average molecular weight is 254 g/mol. The van der Waals surface area contributed by atoms with Gasteiger partial charge >= 0.3 is 0 Å². The Balaban J connectivity index is 1.81. The van der Waals surface area contributed by atoms with Gasteiger partial charge in [-0.05, 0) is 18.8 Å². The summed E-state index contributed by atoms with van der Waals surface area (Å²) in [4.78, 5) is 4.80. The van der Waals surface area contributed by atoms with Crippen LogP contribution in [0.3, 0.4) is 0 Å². The number of nitrogens with zero attached hydrogens (tertiary/aromatic N) is 1. The molecule has 1 saturated carbocycles. The maximum Gasteiger partial charge on any atom is 0.157 e. The van der Waals surface area contributed by atoms with Gasteiger partial charge in [0.15, 0.2) is 5.17 Å². The number of thioether (sulfide) groups is 1. The number of rotatable bonds is 2. The molecule has 0 bridgehead atoms. The molecule has 1 N–H and O–H groups in total. The van der Waals surface area contributed by atoms with E-state index in [0.717, 1.165) is 0 Å². The monoisotopic (exact) mass is 254 g/mol. The van der Waals surface area contributed by atoms with Crippen LogP contribution >= 0.6 is 11.8 Å². The lowest BCUT2D eigenvalue weighted by molar-refractivity contribution is 0.429. The van der Waals surface area contributed by atoms with Crippen molar-refractivity contribution in [3.8, 4) is 0 Å². The Morgan fingerprint density at radius 1 is 1.12 bits per heavy atom. The summed E-state index contributed by atoms with van der Waals surface area (Å²) in [5.41, 5.74) is 0. The van der Waals surface area contributed by atoms with E-state index >= 15 is 0 Å². The van der Waals surface area contributed by atoms with Crippen molar-refractivity contribution in [3.63, 3.8) is 0 Å². The van der Waals surface area contributed by atoms with Crippen molar-refractivity contribution in [1.82, 2.24) is 5.32 Å². The molecule has 0 aromatic carbocycles. The summed E-state index contributed by atoms with van der Waals surface area (Å²) in [6.45, 7) is 4.54. The fourth-order valence-corrected chi connectivity index (χ4v) is 3.83. The van der Waals surface area contributed by atoms with Crippen LogP contribution in [0.2, 0.25) is 0 Å². The fraction of sp³-hybridized carbons (Fsp3) is 0.929. The Morgan fingerprint density at radius 2 is 1.76 bits per heavy atom. The molecule has 2 aliphatic rings. The van der Waals surface area contributed by atoms with Gasteiger partial charge in [0, 0.05) is 11.8 Å². The molecule has 2 rings (SSSR count). The van der Waals surface area contributed by atoms with Gasteiger partial charge in [0.1, 0.15) is 0 Å². The van der Waals surface area contributed by atoms with E-state index < -0.39 is 0 Å². The summed E-state index contributed by atoms with van der Waals surface area (Å²) in [5.74, 6) is 1.85.